The third-order valence-corrected chi connectivity index (χ3v) is 5.69. The minimum atomic E-state index is 0.260. The standard InChI is InChI=1S/C23H28N4O/c1-16-12-23(26-22-10-9-20(28-2)14-21(16)22)27(15-18-7-3-4-11-25-18)19-8-5-6-17(24)13-19/h3-4,7,9-12,14,17,19H,5-6,8,13,15,24H2,1-2H3. The van der Waals surface area contributed by atoms with E-state index in [1.165, 1.54) is 5.56 Å². The van der Waals surface area contributed by atoms with Gasteiger partial charge in [0.25, 0.3) is 0 Å². The van der Waals surface area contributed by atoms with E-state index < -0.39 is 0 Å². The Balaban J connectivity index is 1.74. The molecule has 28 heavy (non-hydrogen) atoms. The lowest BCUT2D eigenvalue weighted by atomic mass is 9.90. The maximum Gasteiger partial charge on any atom is 0.130 e. The van der Waals surface area contributed by atoms with Crippen molar-refractivity contribution in [3.8, 4) is 5.75 Å². The molecule has 0 spiro atoms. The predicted octanol–water partition coefficient (Wildman–Crippen LogP) is 4.22. The van der Waals surface area contributed by atoms with Crippen molar-refractivity contribution in [2.45, 2.75) is 51.2 Å². The number of anilines is 1. The average Bonchev–Trinajstić information content (AvgIpc) is 2.72. The van der Waals surface area contributed by atoms with Gasteiger partial charge in [-0.1, -0.05) is 6.07 Å². The molecule has 0 saturated heterocycles. The van der Waals surface area contributed by atoms with Crippen LogP contribution in [0.5, 0.6) is 5.75 Å². The molecule has 0 bridgehead atoms. The molecule has 2 aromatic heterocycles. The highest BCUT2D eigenvalue weighted by Gasteiger charge is 2.27. The Kier molecular flexibility index (Phi) is 5.44. The normalized spacial score (nSPS) is 19.5. The lowest BCUT2D eigenvalue weighted by Gasteiger charge is -2.37. The summed E-state index contributed by atoms with van der Waals surface area (Å²) < 4.78 is 5.38. The fourth-order valence-corrected chi connectivity index (χ4v) is 4.18. The summed E-state index contributed by atoms with van der Waals surface area (Å²) in [6, 6.07) is 15.0. The van der Waals surface area contributed by atoms with E-state index in [1.807, 2.05) is 30.5 Å². The Bertz CT molecular complexity index is 944. The van der Waals surface area contributed by atoms with Crippen LogP contribution in [0.15, 0.2) is 48.7 Å². The van der Waals surface area contributed by atoms with E-state index >= 15 is 0 Å². The van der Waals surface area contributed by atoms with Gasteiger partial charge in [0.15, 0.2) is 0 Å². The number of benzene rings is 1. The van der Waals surface area contributed by atoms with Crippen molar-refractivity contribution in [2.75, 3.05) is 12.0 Å². The number of nitrogens with zero attached hydrogens (tertiary/aromatic N) is 3. The van der Waals surface area contributed by atoms with Crippen LogP contribution in [0.2, 0.25) is 0 Å². The van der Waals surface area contributed by atoms with E-state index in [0.717, 1.165) is 60.4 Å². The van der Waals surface area contributed by atoms with Crippen LogP contribution in [0, 0.1) is 6.92 Å². The largest absolute Gasteiger partial charge is 0.497 e. The van der Waals surface area contributed by atoms with Crippen LogP contribution in [0.4, 0.5) is 5.82 Å². The van der Waals surface area contributed by atoms with Gasteiger partial charge < -0.3 is 15.4 Å². The van der Waals surface area contributed by atoms with Crippen molar-refractivity contribution in [1.29, 1.82) is 0 Å². The molecule has 1 aromatic carbocycles. The summed E-state index contributed by atoms with van der Waals surface area (Å²) >= 11 is 0. The molecule has 146 valence electrons. The molecule has 2 unspecified atom stereocenters. The summed E-state index contributed by atoms with van der Waals surface area (Å²) in [5.74, 6) is 1.86. The fourth-order valence-electron chi connectivity index (χ4n) is 4.18. The van der Waals surface area contributed by atoms with Crippen molar-refractivity contribution in [1.82, 2.24) is 9.97 Å². The Morgan fingerprint density at radius 2 is 2.07 bits per heavy atom. The van der Waals surface area contributed by atoms with Crippen LogP contribution in [-0.4, -0.2) is 29.2 Å². The topological polar surface area (TPSA) is 64.3 Å². The van der Waals surface area contributed by atoms with Crippen LogP contribution < -0.4 is 15.4 Å². The van der Waals surface area contributed by atoms with Gasteiger partial charge in [-0.2, -0.15) is 0 Å². The molecular weight excluding hydrogens is 348 g/mol. The molecule has 1 fully saturated rings. The Morgan fingerprint density at radius 3 is 2.82 bits per heavy atom. The number of hydrogen-bond acceptors (Lipinski definition) is 5. The van der Waals surface area contributed by atoms with Crippen LogP contribution in [0.1, 0.15) is 36.9 Å². The zero-order chi connectivity index (χ0) is 19.5. The number of aryl methyl sites for hydroxylation is 1. The molecule has 0 amide bonds. The molecule has 4 rings (SSSR count). The first-order chi connectivity index (χ1) is 13.6. The second-order valence-electron chi connectivity index (χ2n) is 7.71. The van der Waals surface area contributed by atoms with Gasteiger partial charge in [-0.25, -0.2) is 4.98 Å². The minimum absolute atomic E-state index is 0.260. The molecule has 2 N–H and O–H groups in total. The first-order valence-electron chi connectivity index (χ1n) is 10.0. The Morgan fingerprint density at radius 1 is 1.18 bits per heavy atom. The summed E-state index contributed by atoms with van der Waals surface area (Å²) in [6.45, 7) is 2.88. The number of pyridine rings is 2. The Hall–Kier alpha value is -2.66. The second-order valence-corrected chi connectivity index (χ2v) is 7.71. The molecular formula is C23H28N4O. The number of hydrogen-bond donors (Lipinski definition) is 1. The van der Waals surface area contributed by atoms with E-state index in [4.69, 9.17) is 15.5 Å². The van der Waals surface area contributed by atoms with Crippen molar-refractivity contribution in [3.05, 3.63) is 59.9 Å². The molecule has 0 radical (unpaired) electrons. The van der Waals surface area contributed by atoms with Gasteiger partial charge in [0, 0.05) is 23.7 Å². The number of nitrogens with two attached hydrogens (primary N) is 1. The average molecular weight is 377 g/mol. The summed E-state index contributed by atoms with van der Waals surface area (Å²) in [7, 11) is 1.69. The first kappa shape index (κ1) is 18.7. The van der Waals surface area contributed by atoms with Gasteiger partial charge in [-0.3, -0.25) is 4.98 Å². The highest BCUT2D eigenvalue weighted by molar-refractivity contribution is 5.85. The van der Waals surface area contributed by atoms with Crippen molar-refractivity contribution < 1.29 is 4.74 Å². The summed E-state index contributed by atoms with van der Waals surface area (Å²) in [4.78, 5) is 12.0. The van der Waals surface area contributed by atoms with E-state index in [2.05, 4.69) is 35.0 Å². The molecule has 0 aliphatic heterocycles. The third kappa shape index (κ3) is 3.94. The van der Waals surface area contributed by atoms with E-state index in [1.54, 1.807) is 7.11 Å². The Labute approximate surface area is 166 Å². The predicted molar refractivity (Wildman–Crippen MR) is 114 cm³/mol. The maximum atomic E-state index is 6.31. The zero-order valence-electron chi connectivity index (χ0n) is 16.6. The number of methoxy groups -OCH3 is 1. The summed E-state index contributed by atoms with van der Waals surface area (Å²) in [6.07, 6.45) is 6.26. The third-order valence-electron chi connectivity index (χ3n) is 5.69. The molecule has 1 aliphatic carbocycles. The van der Waals surface area contributed by atoms with Gasteiger partial charge in [-0.05, 0) is 74.6 Å². The number of aromatic nitrogens is 2. The monoisotopic (exact) mass is 376 g/mol. The fraction of sp³-hybridized carbons (Fsp3) is 0.391. The lowest BCUT2D eigenvalue weighted by Crippen LogP contribution is -2.43. The molecule has 2 heterocycles. The van der Waals surface area contributed by atoms with Gasteiger partial charge in [-0.15, -0.1) is 0 Å². The molecule has 5 heteroatoms. The van der Waals surface area contributed by atoms with Gasteiger partial charge >= 0.3 is 0 Å². The van der Waals surface area contributed by atoms with E-state index in [-0.39, 0.29) is 6.04 Å². The second kappa shape index (κ2) is 8.15. The van der Waals surface area contributed by atoms with Crippen LogP contribution in [0.25, 0.3) is 10.9 Å². The van der Waals surface area contributed by atoms with E-state index in [0.29, 0.717) is 6.04 Å². The smallest absolute Gasteiger partial charge is 0.130 e. The lowest BCUT2D eigenvalue weighted by molar-refractivity contribution is 0.369. The molecule has 1 aliphatic rings. The highest BCUT2D eigenvalue weighted by atomic mass is 16.5. The quantitative estimate of drug-likeness (QED) is 0.722. The summed E-state index contributed by atoms with van der Waals surface area (Å²) in [5, 5.41) is 1.13. The molecule has 5 nitrogen and oxygen atoms in total. The van der Waals surface area contributed by atoms with Crippen molar-refractivity contribution >= 4 is 16.7 Å². The maximum absolute atomic E-state index is 6.31. The number of fused-ring (bicyclic) bond motifs is 1. The molecule has 3 aromatic rings. The van der Waals surface area contributed by atoms with Gasteiger partial charge in [0.05, 0.1) is 24.9 Å². The van der Waals surface area contributed by atoms with Gasteiger partial charge in [0.2, 0.25) is 0 Å². The first-order valence-corrected chi connectivity index (χ1v) is 10.0. The molecule has 1 saturated carbocycles. The molecule has 2 atom stereocenters. The minimum Gasteiger partial charge on any atom is -0.497 e. The van der Waals surface area contributed by atoms with Crippen LogP contribution >= 0.6 is 0 Å². The number of ether oxygens (including phenoxy) is 1. The van der Waals surface area contributed by atoms with Crippen molar-refractivity contribution in [3.63, 3.8) is 0 Å². The SMILES string of the molecule is COc1ccc2nc(N(Cc3ccccn3)C3CCCC(N)C3)cc(C)c2c1. The zero-order valence-corrected chi connectivity index (χ0v) is 16.6. The number of rotatable bonds is 5. The van der Waals surface area contributed by atoms with Gasteiger partial charge in [0.1, 0.15) is 11.6 Å². The van der Waals surface area contributed by atoms with Crippen molar-refractivity contribution in [2.24, 2.45) is 5.73 Å². The highest BCUT2D eigenvalue weighted by Crippen LogP contribution is 2.31. The van der Waals surface area contributed by atoms with Crippen LogP contribution in [0.3, 0.4) is 0 Å². The summed E-state index contributed by atoms with van der Waals surface area (Å²) in [5.41, 5.74) is 9.55. The van der Waals surface area contributed by atoms with Crippen LogP contribution in [-0.2, 0) is 6.54 Å². The van der Waals surface area contributed by atoms with E-state index in [9.17, 15) is 0 Å².